The normalized spacial score (nSPS) is 22.6. The number of carbonyl (C=O) groups is 1. The van der Waals surface area contributed by atoms with E-state index < -0.39 is 0 Å². The molecule has 0 bridgehead atoms. The lowest BCUT2D eigenvalue weighted by Crippen LogP contribution is -2.53. The van der Waals surface area contributed by atoms with E-state index in [0.29, 0.717) is 6.54 Å². The molecule has 0 radical (unpaired) electrons. The van der Waals surface area contributed by atoms with Gasteiger partial charge in [0, 0.05) is 26.2 Å². The Bertz CT molecular complexity index is 421. The average molecular weight is 264 g/mol. The van der Waals surface area contributed by atoms with Gasteiger partial charge in [-0.15, -0.1) is 0 Å². The number of amides is 1. The Kier molecular flexibility index (Phi) is 4.58. The monoisotopic (exact) mass is 264 g/mol. The first-order valence-corrected chi connectivity index (χ1v) is 7.18. The summed E-state index contributed by atoms with van der Waals surface area (Å²) >= 11 is 0. The first-order chi connectivity index (χ1) is 9.16. The standard InChI is InChI=1S/C14H24N4O/c1-3-7-14(8-4-9-16-14)13(19)15-10-5-12-6-11-18(2)17-12/h6,11,16H,3-5,7-10H2,1-2H3,(H,15,19). The molecule has 1 fully saturated rings. The van der Waals surface area contributed by atoms with E-state index in [1.54, 1.807) is 4.68 Å². The SMILES string of the molecule is CCCC1(C(=O)NCCc2ccn(C)n2)CCCN1. The molecule has 5 heteroatoms. The molecule has 2 heterocycles. The molecule has 2 rings (SSSR count). The van der Waals surface area contributed by atoms with Crippen LogP contribution < -0.4 is 10.6 Å². The quantitative estimate of drug-likeness (QED) is 0.806. The summed E-state index contributed by atoms with van der Waals surface area (Å²) in [5.41, 5.74) is 0.700. The fraction of sp³-hybridized carbons (Fsp3) is 0.714. The highest BCUT2D eigenvalue weighted by atomic mass is 16.2. The van der Waals surface area contributed by atoms with Gasteiger partial charge in [0.2, 0.25) is 5.91 Å². The molecule has 5 nitrogen and oxygen atoms in total. The highest BCUT2D eigenvalue weighted by Gasteiger charge is 2.39. The van der Waals surface area contributed by atoms with Gasteiger partial charge >= 0.3 is 0 Å². The van der Waals surface area contributed by atoms with Crippen LogP contribution in [0.1, 0.15) is 38.3 Å². The summed E-state index contributed by atoms with van der Waals surface area (Å²) in [7, 11) is 1.90. The van der Waals surface area contributed by atoms with Crippen LogP contribution in [0.3, 0.4) is 0 Å². The summed E-state index contributed by atoms with van der Waals surface area (Å²) in [5.74, 6) is 0.155. The Morgan fingerprint density at radius 1 is 1.63 bits per heavy atom. The third kappa shape index (κ3) is 3.35. The molecule has 1 saturated heterocycles. The molecule has 19 heavy (non-hydrogen) atoms. The summed E-state index contributed by atoms with van der Waals surface area (Å²) in [5, 5.41) is 10.8. The lowest BCUT2D eigenvalue weighted by atomic mass is 9.91. The molecule has 1 amide bonds. The number of nitrogens with zero attached hydrogens (tertiary/aromatic N) is 2. The van der Waals surface area contributed by atoms with Crippen molar-refractivity contribution in [1.82, 2.24) is 20.4 Å². The molecule has 1 unspecified atom stereocenters. The highest BCUT2D eigenvalue weighted by Crippen LogP contribution is 2.24. The number of carbonyl (C=O) groups excluding carboxylic acids is 1. The van der Waals surface area contributed by atoms with Crippen LogP contribution in [0.5, 0.6) is 0 Å². The van der Waals surface area contributed by atoms with Gasteiger partial charge in [0.05, 0.1) is 11.2 Å². The van der Waals surface area contributed by atoms with Crippen molar-refractivity contribution >= 4 is 5.91 Å². The molecule has 1 aromatic heterocycles. The van der Waals surface area contributed by atoms with Gasteiger partial charge in [-0.05, 0) is 31.9 Å². The third-order valence-corrected chi connectivity index (χ3v) is 3.79. The minimum atomic E-state index is -0.321. The fourth-order valence-electron chi connectivity index (χ4n) is 2.82. The van der Waals surface area contributed by atoms with E-state index in [1.165, 1.54) is 0 Å². The Morgan fingerprint density at radius 2 is 2.47 bits per heavy atom. The van der Waals surface area contributed by atoms with Gasteiger partial charge < -0.3 is 10.6 Å². The van der Waals surface area contributed by atoms with Crippen molar-refractivity contribution in [3.05, 3.63) is 18.0 Å². The van der Waals surface area contributed by atoms with Crippen molar-refractivity contribution in [3.63, 3.8) is 0 Å². The van der Waals surface area contributed by atoms with Crippen LogP contribution in [0.4, 0.5) is 0 Å². The summed E-state index contributed by atoms with van der Waals surface area (Å²) in [6.45, 7) is 3.74. The number of hydrogen-bond donors (Lipinski definition) is 2. The van der Waals surface area contributed by atoms with E-state index >= 15 is 0 Å². The van der Waals surface area contributed by atoms with Crippen molar-refractivity contribution in [3.8, 4) is 0 Å². The zero-order chi connectivity index (χ0) is 13.7. The molecular formula is C14H24N4O. The minimum absolute atomic E-state index is 0.155. The van der Waals surface area contributed by atoms with Gasteiger partial charge in [-0.3, -0.25) is 9.48 Å². The highest BCUT2D eigenvalue weighted by molar-refractivity contribution is 5.86. The van der Waals surface area contributed by atoms with Gasteiger partial charge in [0.25, 0.3) is 0 Å². The van der Waals surface area contributed by atoms with Crippen molar-refractivity contribution in [2.24, 2.45) is 7.05 Å². The molecule has 1 aromatic rings. The number of nitrogens with one attached hydrogen (secondary N) is 2. The second-order valence-corrected chi connectivity index (χ2v) is 5.35. The number of rotatable bonds is 6. The topological polar surface area (TPSA) is 59.0 Å². The number of aryl methyl sites for hydroxylation is 1. The maximum Gasteiger partial charge on any atom is 0.240 e. The maximum atomic E-state index is 12.4. The van der Waals surface area contributed by atoms with Gasteiger partial charge in [0.15, 0.2) is 0 Å². The molecular weight excluding hydrogens is 240 g/mol. The van der Waals surface area contributed by atoms with E-state index in [-0.39, 0.29) is 11.4 Å². The second-order valence-electron chi connectivity index (χ2n) is 5.35. The lowest BCUT2D eigenvalue weighted by molar-refractivity contribution is -0.127. The van der Waals surface area contributed by atoms with E-state index in [9.17, 15) is 4.79 Å². The molecule has 0 aromatic carbocycles. The van der Waals surface area contributed by atoms with Crippen molar-refractivity contribution in [2.75, 3.05) is 13.1 Å². The molecule has 2 N–H and O–H groups in total. The Balaban J connectivity index is 1.82. The van der Waals surface area contributed by atoms with Gasteiger partial charge in [-0.1, -0.05) is 13.3 Å². The van der Waals surface area contributed by atoms with Crippen LogP contribution in [0, 0.1) is 0 Å². The summed E-state index contributed by atoms with van der Waals surface area (Å²) < 4.78 is 1.79. The summed E-state index contributed by atoms with van der Waals surface area (Å²) in [4.78, 5) is 12.4. The van der Waals surface area contributed by atoms with Crippen molar-refractivity contribution in [1.29, 1.82) is 0 Å². The molecule has 0 saturated carbocycles. The van der Waals surface area contributed by atoms with Gasteiger partial charge in [-0.2, -0.15) is 5.10 Å². The first-order valence-electron chi connectivity index (χ1n) is 7.18. The molecule has 1 atom stereocenters. The largest absolute Gasteiger partial charge is 0.354 e. The molecule has 1 aliphatic heterocycles. The summed E-state index contributed by atoms with van der Waals surface area (Å²) in [6.07, 6.45) is 6.70. The lowest BCUT2D eigenvalue weighted by Gasteiger charge is -2.27. The second kappa shape index (κ2) is 6.19. The fourth-order valence-corrected chi connectivity index (χ4v) is 2.82. The Hall–Kier alpha value is -1.36. The predicted molar refractivity (Wildman–Crippen MR) is 74.8 cm³/mol. The smallest absolute Gasteiger partial charge is 0.240 e. The summed E-state index contributed by atoms with van der Waals surface area (Å²) in [6, 6.07) is 1.99. The average Bonchev–Trinajstić information content (AvgIpc) is 3.00. The molecule has 1 aliphatic rings. The maximum absolute atomic E-state index is 12.4. The third-order valence-electron chi connectivity index (χ3n) is 3.79. The van der Waals surface area contributed by atoms with Crippen molar-refractivity contribution in [2.45, 2.75) is 44.6 Å². The Morgan fingerprint density at radius 3 is 3.05 bits per heavy atom. The molecule has 0 spiro atoms. The van der Waals surface area contributed by atoms with E-state index in [4.69, 9.17) is 0 Å². The number of aromatic nitrogens is 2. The van der Waals surface area contributed by atoms with Crippen LogP contribution in [0.25, 0.3) is 0 Å². The zero-order valence-electron chi connectivity index (χ0n) is 11.9. The van der Waals surface area contributed by atoms with Crippen LogP contribution in [0.15, 0.2) is 12.3 Å². The van der Waals surface area contributed by atoms with Crippen LogP contribution in [-0.4, -0.2) is 34.3 Å². The van der Waals surface area contributed by atoms with E-state index in [1.807, 2.05) is 19.3 Å². The van der Waals surface area contributed by atoms with Crippen LogP contribution in [0.2, 0.25) is 0 Å². The number of hydrogen-bond acceptors (Lipinski definition) is 3. The van der Waals surface area contributed by atoms with Crippen LogP contribution in [-0.2, 0) is 18.3 Å². The minimum Gasteiger partial charge on any atom is -0.354 e. The Labute approximate surface area is 114 Å². The van der Waals surface area contributed by atoms with Crippen LogP contribution >= 0.6 is 0 Å². The molecule has 106 valence electrons. The first kappa shape index (κ1) is 14.1. The van der Waals surface area contributed by atoms with Gasteiger partial charge in [0.1, 0.15) is 0 Å². The van der Waals surface area contributed by atoms with E-state index in [2.05, 4.69) is 22.7 Å². The van der Waals surface area contributed by atoms with Crippen molar-refractivity contribution < 1.29 is 4.79 Å². The van der Waals surface area contributed by atoms with E-state index in [0.717, 1.165) is 44.3 Å². The predicted octanol–water partition coefficient (Wildman–Crippen LogP) is 1.00. The zero-order valence-corrected chi connectivity index (χ0v) is 11.9. The molecule has 0 aliphatic carbocycles. The van der Waals surface area contributed by atoms with Gasteiger partial charge in [-0.25, -0.2) is 0 Å².